The average molecular weight is 116 g/mol. The third-order valence-corrected chi connectivity index (χ3v) is 1.22. The van der Waals surface area contributed by atoms with Crippen molar-refractivity contribution < 1.29 is 0 Å². The Kier molecular flexibility index (Phi) is 0.803. The second kappa shape index (κ2) is 1.58. The number of nitrogens with one attached hydrogen (secondary N) is 1. The zero-order chi connectivity index (χ0) is 6.10. The van der Waals surface area contributed by atoms with Crippen LogP contribution in [0.1, 0.15) is 0 Å². The quantitative estimate of drug-likeness (QED) is 0.549. The number of fused-ring (bicyclic) bond motifs is 1. The van der Waals surface area contributed by atoms with Crippen molar-refractivity contribution in [1.82, 2.24) is 10.2 Å². The highest BCUT2D eigenvalue weighted by Crippen LogP contribution is 2.05. The van der Waals surface area contributed by atoms with Crippen molar-refractivity contribution in [2.45, 2.75) is 0 Å². The van der Waals surface area contributed by atoms with Gasteiger partial charge < -0.3 is 0 Å². The third kappa shape index (κ3) is 0.598. The molecule has 0 aliphatic heterocycles. The van der Waals surface area contributed by atoms with Crippen LogP contribution in [0.25, 0.3) is 10.9 Å². The van der Waals surface area contributed by atoms with E-state index in [4.69, 9.17) is 0 Å². The van der Waals surface area contributed by atoms with E-state index in [2.05, 4.69) is 22.5 Å². The Morgan fingerprint density at radius 3 is 3.44 bits per heavy atom. The average Bonchev–Trinajstić information content (AvgIpc) is 2.33. The molecule has 2 radical (unpaired) electrons. The lowest BCUT2D eigenvalue weighted by molar-refractivity contribution is 1.11. The van der Waals surface area contributed by atoms with Gasteiger partial charge in [0.25, 0.3) is 0 Å². The van der Waals surface area contributed by atoms with Crippen molar-refractivity contribution in [2.75, 3.05) is 0 Å². The summed E-state index contributed by atoms with van der Waals surface area (Å²) in [6.07, 6.45) is 2.78. The molecular weight excluding hydrogens is 112 g/mol. The first kappa shape index (κ1) is 4.56. The number of aromatic amines is 1. The van der Waals surface area contributed by atoms with Crippen LogP contribution in [-0.4, -0.2) is 10.2 Å². The summed E-state index contributed by atoms with van der Waals surface area (Å²) in [6, 6.07) is 8.53. The van der Waals surface area contributed by atoms with Gasteiger partial charge in [-0.2, -0.15) is 5.10 Å². The molecule has 0 aliphatic carbocycles. The molecule has 0 saturated heterocycles. The van der Waals surface area contributed by atoms with E-state index in [1.54, 1.807) is 0 Å². The van der Waals surface area contributed by atoms with Crippen LogP contribution in [0.2, 0.25) is 0 Å². The minimum absolute atomic E-state index is 0.984. The predicted octanol–water partition coefficient (Wildman–Crippen LogP) is 1.16. The number of hydrogen-bond acceptors (Lipinski definition) is 1. The zero-order valence-corrected chi connectivity index (χ0v) is 4.68. The van der Waals surface area contributed by atoms with Gasteiger partial charge in [-0.15, -0.1) is 0 Å². The van der Waals surface area contributed by atoms with Gasteiger partial charge in [0, 0.05) is 5.39 Å². The molecule has 0 spiro atoms. The monoisotopic (exact) mass is 116 g/mol. The molecule has 2 aromatic rings. The van der Waals surface area contributed by atoms with Gasteiger partial charge in [-0.3, -0.25) is 5.10 Å². The fourth-order valence-electron chi connectivity index (χ4n) is 0.769. The van der Waals surface area contributed by atoms with Gasteiger partial charge in [0.1, 0.15) is 6.20 Å². The second-order valence-corrected chi connectivity index (χ2v) is 1.81. The Hall–Kier alpha value is -1.31. The molecular formula is C7H4N2. The van der Waals surface area contributed by atoms with Crippen molar-refractivity contribution in [3.8, 4) is 0 Å². The SMILES string of the molecule is [c]1ccc2[nH]n[c]c2c1. The molecule has 0 aliphatic rings. The Bertz CT molecular complexity index is 281. The topological polar surface area (TPSA) is 28.7 Å². The first-order chi connectivity index (χ1) is 4.47. The van der Waals surface area contributed by atoms with Crippen LogP contribution in [0.5, 0.6) is 0 Å². The van der Waals surface area contributed by atoms with E-state index in [1.165, 1.54) is 0 Å². The molecule has 0 atom stereocenters. The van der Waals surface area contributed by atoms with Crippen LogP contribution in [0, 0.1) is 12.3 Å². The number of hydrogen-bond donors (Lipinski definition) is 1. The van der Waals surface area contributed by atoms with Crippen molar-refractivity contribution in [3.05, 3.63) is 30.5 Å². The van der Waals surface area contributed by atoms with Gasteiger partial charge in [-0.25, -0.2) is 0 Å². The summed E-state index contributed by atoms with van der Waals surface area (Å²) in [6.45, 7) is 0. The van der Waals surface area contributed by atoms with Crippen LogP contribution >= 0.6 is 0 Å². The molecule has 9 heavy (non-hydrogen) atoms. The van der Waals surface area contributed by atoms with E-state index in [1.807, 2.05) is 18.2 Å². The van der Waals surface area contributed by atoms with E-state index >= 15 is 0 Å². The Balaban J connectivity index is 2.95. The molecule has 1 aromatic heterocycles. The Morgan fingerprint density at radius 2 is 2.56 bits per heavy atom. The van der Waals surface area contributed by atoms with Gasteiger partial charge in [0.15, 0.2) is 0 Å². The maximum atomic E-state index is 3.73. The minimum atomic E-state index is 0.984. The third-order valence-electron chi connectivity index (χ3n) is 1.22. The number of benzene rings is 1. The molecule has 1 N–H and O–H groups in total. The van der Waals surface area contributed by atoms with Crippen LogP contribution in [0.3, 0.4) is 0 Å². The number of rotatable bonds is 0. The maximum Gasteiger partial charge on any atom is 0.121 e. The summed E-state index contributed by atoms with van der Waals surface area (Å²) in [5, 5.41) is 7.51. The maximum absolute atomic E-state index is 3.73. The minimum Gasteiger partial charge on any atom is -0.277 e. The van der Waals surface area contributed by atoms with E-state index in [0.717, 1.165) is 10.9 Å². The molecule has 1 heterocycles. The van der Waals surface area contributed by atoms with Gasteiger partial charge >= 0.3 is 0 Å². The highest BCUT2D eigenvalue weighted by Gasteiger charge is 1.89. The number of nitrogens with zero attached hydrogens (tertiary/aromatic N) is 1. The van der Waals surface area contributed by atoms with Crippen molar-refractivity contribution in [1.29, 1.82) is 0 Å². The molecule has 2 heteroatoms. The summed E-state index contributed by atoms with van der Waals surface area (Å²) in [4.78, 5) is 0. The number of aromatic nitrogens is 2. The van der Waals surface area contributed by atoms with Crippen LogP contribution in [0.15, 0.2) is 18.2 Å². The van der Waals surface area contributed by atoms with E-state index in [9.17, 15) is 0 Å². The normalized spacial score (nSPS) is 10.2. The summed E-state index contributed by atoms with van der Waals surface area (Å²) >= 11 is 0. The molecule has 1 aromatic carbocycles. The van der Waals surface area contributed by atoms with Gasteiger partial charge in [0.05, 0.1) is 5.52 Å². The Labute approximate surface area is 52.5 Å². The molecule has 0 saturated carbocycles. The zero-order valence-electron chi connectivity index (χ0n) is 4.68. The van der Waals surface area contributed by atoms with Crippen molar-refractivity contribution in [3.63, 3.8) is 0 Å². The first-order valence-electron chi connectivity index (χ1n) is 2.69. The fourth-order valence-corrected chi connectivity index (χ4v) is 0.769. The molecule has 0 unspecified atom stereocenters. The smallest absolute Gasteiger partial charge is 0.121 e. The molecule has 0 fully saturated rings. The van der Waals surface area contributed by atoms with Crippen LogP contribution < -0.4 is 0 Å². The van der Waals surface area contributed by atoms with Crippen LogP contribution in [-0.2, 0) is 0 Å². The lowest BCUT2D eigenvalue weighted by atomic mass is 10.3. The predicted molar refractivity (Wildman–Crippen MR) is 33.8 cm³/mol. The van der Waals surface area contributed by atoms with Gasteiger partial charge in [0.2, 0.25) is 0 Å². The van der Waals surface area contributed by atoms with E-state index in [-0.39, 0.29) is 0 Å². The summed E-state index contributed by atoms with van der Waals surface area (Å²) in [5.74, 6) is 0. The lowest BCUT2D eigenvalue weighted by Gasteiger charge is -1.80. The van der Waals surface area contributed by atoms with Crippen molar-refractivity contribution >= 4 is 10.9 Å². The Morgan fingerprint density at radius 1 is 1.56 bits per heavy atom. The molecule has 42 valence electrons. The fraction of sp³-hybridized carbons (Fsp3) is 0. The van der Waals surface area contributed by atoms with E-state index in [0.29, 0.717) is 0 Å². The largest absolute Gasteiger partial charge is 0.277 e. The highest BCUT2D eigenvalue weighted by atomic mass is 15.1. The molecule has 2 nitrogen and oxygen atoms in total. The summed E-state index contributed by atoms with van der Waals surface area (Å²) in [5.41, 5.74) is 1.01. The number of H-pyrrole nitrogens is 1. The summed E-state index contributed by atoms with van der Waals surface area (Å²) in [7, 11) is 0. The molecule has 0 amide bonds. The first-order valence-corrected chi connectivity index (χ1v) is 2.69. The van der Waals surface area contributed by atoms with Crippen LogP contribution in [0.4, 0.5) is 0 Å². The van der Waals surface area contributed by atoms with Gasteiger partial charge in [-0.05, 0) is 18.2 Å². The highest BCUT2D eigenvalue weighted by molar-refractivity contribution is 5.76. The summed E-state index contributed by atoms with van der Waals surface area (Å²) < 4.78 is 0. The lowest BCUT2D eigenvalue weighted by Crippen LogP contribution is -1.64. The molecule has 0 bridgehead atoms. The second-order valence-electron chi connectivity index (χ2n) is 1.81. The molecule has 2 rings (SSSR count). The standard InChI is InChI=1S/C7H4N2/c1-2-4-7-6(3-1)5-8-9-7/h2-4H,(H,8,9). The van der Waals surface area contributed by atoms with E-state index < -0.39 is 0 Å². The van der Waals surface area contributed by atoms with Gasteiger partial charge in [-0.1, -0.05) is 6.07 Å². The van der Waals surface area contributed by atoms with Crippen molar-refractivity contribution in [2.24, 2.45) is 0 Å².